The van der Waals surface area contributed by atoms with E-state index in [0.29, 0.717) is 11.4 Å². The third-order valence-electron chi connectivity index (χ3n) is 2.06. The van der Waals surface area contributed by atoms with Crippen LogP contribution in [0.3, 0.4) is 0 Å². The van der Waals surface area contributed by atoms with Crippen LogP contribution in [-0.2, 0) is 0 Å². The monoisotopic (exact) mass is 199 g/mol. The number of nitrogens with zero attached hydrogens (tertiary/aromatic N) is 3. The summed E-state index contributed by atoms with van der Waals surface area (Å²) >= 11 is 0. The largest absolute Gasteiger partial charge is 0.427 e. The lowest BCUT2D eigenvalue weighted by Gasteiger charge is -1.99. The fourth-order valence-corrected chi connectivity index (χ4v) is 1.41. The molecule has 0 bridgehead atoms. The average molecular weight is 199 g/mol. The van der Waals surface area contributed by atoms with E-state index in [1.54, 1.807) is 31.2 Å². The summed E-state index contributed by atoms with van der Waals surface area (Å²) < 4.78 is 0.964. The van der Waals surface area contributed by atoms with Crippen molar-refractivity contribution in [2.45, 2.75) is 6.92 Å². The summed E-state index contributed by atoms with van der Waals surface area (Å²) in [6.07, 6.45) is 1.52. The predicted molar refractivity (Wildman–Crippen MR) is 54.3 cm³/mol. The van der Waals surface area contributed by atoms with Gasteiger partial charge in [-0.3, -0.25) is 0 Å². The summed E-state index contributed by atoms with van der Waals surface area (Å²) in [4.78, 5) is 4.16. The Morgan fingerprint density at radius 2 is 2.27 bits per heavy atom. The van der Waals surface area contributed by atoms with Crippen molar-refractivity contribution >= 4 is 0 Å². The summed E-state index contributed by atoms with van der Waals surface area (Å²) in [6.45, 7) is 1.80. The molecule has 0 aliphatic heterocycles. The Hall–Kier alpha value is -2.28. The lowest BCUT2D eigenvalue weighted by atomic mass is 10.1. The van der Waals surface area contributed by atoms with Crippen LogP contribution < -0.4 is 0 Å². The highest BCUT2D eigenvalue weighted by molar-refractivity contribution is 5.58. The molecule has 0 unspecified atom stereocenters. The summed E-state index contributed by atoms with van der Waals surface area (Å²) in [5.41, 5.74) is 2.01. The maximum absolute atomic E-state index is 9.52. The molecule has 4 nitrogen and oxygen atoms in total. The van der Waals surface area contributed by atoms with Gasteiger partial charge in [0, 0.05) is 5.56 Å². The molecule has 1 aromatic heterocycles. The highest BCUT2D eigenvalue weighted by Gasteiger charge is 2.07. The number of benzene rings is 1. The van der Waals surface area contributed by atoms with Crippen LogP contribution in [0, 0.1) is 18.3 Å². The van der Waals surface area contributed by atoms with Crippen LogP contribution >= 0.6 is 0 Å². The first-order valence-corrected chi connectivity index (χ1v) is 4.46. The molecule has 2 rings (SSSR count). The van der Waals surface area contributed by atoms with Crippen LogP contribution in [0.15, 0.2) is 30.5 Å². The van der Waals surface area contributed by atoms with E-state index in [-0.39, 0.29) is 0 Å². The maximum Gasteiger partial charge on any atom is 0.175 e. The fourth-order valence-electron chi connectivity index (χ4n) is 1.41. The number of aromatic nitrogens is 2. The molecule has 0 aliphatic carbocycles. The molecule has 74 valence electrons. The van der Waals surface area contributed by atoms with Gasteiger partial charge in [-0.05, 0) is 19.1 Å². The minimum absolute atomic E-state index is 0.449. The van der Waals surface area contributed by atoms with E-state index in [0.717, 1.165) is 16.0 Å². The van der Waals surface area contributed by atoms with Gasteiger partial charge in [0.05, 0.1) is 23.5 Å². The van der Waals surface area contributed by atoms with Gasteiger partial charge in [-0.1, -0.05) is 12.1 Å². The van der Waals surface area contributed by atoms with Crippen LogP contribution in [0.2, 0.25) is 0 Å². The maximum atomic E-state index is 9.52. The highest BCUT2D eigenvalue weighted by atomic mass is 16.5. The zero-order valence-corrected chi connectivity index (χ0v) is 8.18. The quantitative estimate of drug-likeness (QED) is 0.714. The van der Waals surface area contributed by atoms with E-state index in [1.807, 2.05) is 6.07 Å². The second-order valence-corrected chi connectivity index (χ2v) is 3.24. The van der Waals surface area contributed by atoms with Gasteiger partial charge < -0.3 is 5.21 Å². The number of imidazole rings is 1. The lowest BCUT2D eigenvalue weighted by molar-refractivity contribution is 0.190. The zero-order valence-electron chi connectivity index (χ0n) is 8.18. The molecule has 4 heteroatoms. The molecule has 1 heterocycles. The van der Waals surface area contributed by atoms with Gasteiger partial charge in [-0.2, -0.15) is 9.99 Å². The van der Waals surface area contributed by atoms with Gasteiger partial charge in [0.25, 0.3) is 0 Å². The Bertz CT molecular complexity index is 537. The average Bonchev–Trinajstić information content (AvgIpc) is 2.58. The molecule has 0 atom stereocenters. The van der Waals surface area contributed by atoms with Crippen molar-refractivity contribution in [1.82, 2.24) is 9.71 Å². The summed E-state index contributed by atoms with van der Waals surface area (Å²) in [5, 5.41) is 18.3. The summed E-state index contributed by atoms with van der Waals surface area (Å²) in [6, 6.07) is 9.01. The summed E-state index contributed by atoms with van der Waals surface area (Å²) in [7, 11) is 0. The molecule has 0 fully saturated rings. The van der Waals surface area contributed by atoms with Crippen LogP contribution in [0.1, 0.15) is 11.3 Å². The summed E-state index contributed by atoms with van der Waals surface area (Å²) in [5.74, 6) is 0.449. The number of hydrogen-bond donors (Lipinski definition) is 1. The molecule has 0 radical (unpaired) electrons. The Balaban J connectivity index is 2.55. The molecule has 0 saturated heterocycles. The van der Waals surface area contributed by atoms with Crippen LogP contribution in [0.25, 0.3) is 11.4 Å². The van der Waals surface area contributed by atoms with E-state index in [9.17, 15) is 5.21 Å². The topological polar surface area (TPSA) is 61.8 Å². The van der Waals surface area contributed by atoms with Crippen LogP contribution in [0.5, 0.6) is 0 Å². The minimum atomic E-state index is 0.449. The molecule has 1 N–H and O–H groups in total. The van der Waals surface area contributed by atoms with Gasteiger partial charge in [0.15, 0.2) is 5.82 Å². The van der Waals surface area contributed by atoms with Gasteiger partial charge in [-0.15, -0.1) is 0 Å². The molecule has 15 heavy (non-hydrogen) atoms. The molecule has 0 spiro atoms. The van der Waals surface area contributed by atoms with Crippen molar-refractivity contribution < 1.29 is 5.21 Å². The van der Waals surface area contributed by atoms with Crippen LogP contribution in [-0.4, -0.2) is 14.9 Å². The SMILES string of the molecule is Cc1cn(O)c(-c2cccc(C#N)c2)n1. The second-order valence-electron chi connectivity index (χ2n) is 3.24. The van der Waals surface area contributed by atoms with Crippen molar-refractivity contribution in [3.8, 4) is 17.5 Å². The van der Waals surface area contributed by atoms with E-state index >= 15 is 0 Å². The number of aryl methyl sites for hydroxylation is 1. The number of nitriles is 1. The van der Waals surface area contributed by atoms with E-state index in [1.165, 1.54) is 6.20 Å². The van der Waals surface area contributed by atoms with E-state index in [4.69, 9.17) is 5.26 Å². The standard InChI is InChI=1S/C11H9N3O/c1-8-7-14(15)11(13-8)10-4-2-3-9(5-10)6-12/h2-5,7,15H,1H3. The first-order valence-electron chi connectivity index (χ1n) is 4.46. The second kappa shape index (κ2) is 3.46. The van der Waals surface area contributed by atoms with E-state index in [2.05, 4.69) is 4.98 Å². The third-order valence-corrected chi connectivity index (χ3v) is 2.06. The van der Waals surface area contributed by atoms with Gasteiger partial charge in [0.2, 0.25) is 0 Å². The van der Waals surface area contributed by atoms with Gasteiger partial charge >= 0.3 is 0 Å². The van der Waals surface area contributed by atoms with Crippen molar-refractivity contribution in [2.24, 2.45) is 0 Å². The molecule has 1 aromatic carbocycles. The molecule has 0 amide bonds. The van der Waals surface area contributed by atoms with Gasteiger partial charge in [-0.25, -0.2) is 4.98 Å². The van der Waals surface area contributed by atoms with E-state index < -0.39 is 0 Å². The van der Waals surface area contributed by atoms with Crippen molar-refractivity contribution in [3.63, 3.8) is 0 Å². The number of hydrogen-bond acceptors (Lipinski definition) is 3. The normalized spacial score (nSPS) is 9.87. The third kappa shape index (κ3) is 1.67. The molecular formula is C11H9N3O. The lowest BCUT2D eigenvalue weighted by Crippen LogP contribution is -1.92. The fraction of sp³-hybridized carbons (Fsp3) is 0.0909. The van der Waals surface area contributed by atoms with Crippen LogP contribution in [0.4, 0.5) is 0 Å². The Kier molecular flexibility index (Phi) is 2.14. The smallest absolute Gasteiger partial charge is 0.175 e. The first kappa shape index (κ1) is 9.28. The molecule has 0 aliphatic rings. The van der Waals surface area contributed by atoms with Crippen molar-refractivity contribution in [3.05, 3.63) is 41.7 Å². The Morgan fingerprint density at radius 3 is 2.87 bits per heavy atom. The molecular weight excluding hydrogens is 190 g/mol. The molecule has 2 aromatic rings. The molecule has 0 saturated carbocycles. The highest BCUT2D eigenvalue weighted by Crippen LogP contribution is 2.18. The van der Waals surface area contributed by atoms with Crippen molar-refractivity contribution in [1.29, 1.82) is 5.26 Å². The van der Waals surface area contributed by atoms with Gasteiger partial charge in [0.1, 0.15) is 0 Å². The minimum Gasteiger partial charge on any atom is -0.427 e. The first-order chi connectivity index (χ1) is 7.20. The number of rotatable bonds is 1. The Morgan fingerprint density at radius 1 is 1.47 bits per heavy atom. The zero-order chi connectivity index (χ0) is 10.8. The predicted octanol–water partition coefficient (Wildman–Crippen LogP) is 1.97. The Labute approximate surface area is 87.0 Å². The van der Waals surface area contributed by atoms with Crippen molar-refractivity contribution in [2.75, 3.05) is 0 Å².